The summed E-state index contributed by atoms with van der Waals surface area (Å²) in [4.78, 5) is 0. The zero-order chi connectivity index (χ0) is 10.9. The number of aliphatic hydroxyl groups excluding tert-OH is 1. The smallest absolute Gasteiger partial charge is 0.0940 e. The minimum absolute atomic E-state index is 0.308. The molecule has 0 saturated heterocycles. The quantitative estimate of drug-likeness (QED) is 0.803. The van der Waals surface area contributed by atoms with E-state index in [0.717, 1.165) is 25.0 Å². The van der Waals surface area contributed by atoms with Crippen LogP contribution in [-0.4, -0.2) is 33.7 Å². The lowest BCUT2D eigenvalue weighted by molar-refractivity contribution is -0.148. The highest BCUT2D eigenvalue weighted by molar-refractivity contribution is 5.06. The van der Waals surface area contributed by atoms with E-state index in [-0.39, 0.29) is 5.60 Å². The summed E-state index contributed by atoms with van der Waals surface area (Å²) in [5.74, 6) is 0. The van der Waals surface area contributed by atoms with Gasteiger partial charge in [0.2, 0.25) is 0 Å². The van der Waals surface area contributed by atoms with Crippen LogP contribution in [0.25, 0.3) is 0 Å². The van der Waals surface area contributed by atoms with E-state index in [1.165, 1.54) is 0 Å². The van der Waals surface area contributed by atoms with Gasteiger partial charge in [0.1, 0.15) is 0 Å². The molecule has 0 amide bonds. The molecule has 84 valence electrons. The highest BCUT2D eigenvalue weighted by Crippen LogP contribution is 2.38. The van der Waals surface area contributed by atoms with Crippen LogP contribution in [0.2, 0.25) is 0 Å². The van der Waals surface area contributed by atoms with Gasteiger partial charge in [0, 0.05) is 26.8 Å². The van der Waals surface area contributed by atoms with E-state index in [1.54, 1.807) is 11.8 Å². The number of aromatic nitrogens is 2. The summed E-state index contributed by atoms with van der Waals surface area (Å²) < 4.78 is 7.18. The Bertz CT molecular complexity index is 326. The lowest BCUT2D eigenvalue weighted by atomic mass is 9.74. The second kappa shape index (κ2) is 3.94. The van der Waals surface area contributed by atoms with Gasteiger partial charge in [-0.3, -0.25) is 4.68 Å². The maximum atomic E-state index is 10.1. The highest BCUT2D eigenvalue weighted by atomic mass is 16.5. The van der Waals surface area contributed by atoms with Crippen molar-refractivity contribution in [1.82, 2.24) is 9.78 Å². The van der Waals surface area contributed by atoms with Crippen LogP contribution in [0.15, 0.2) is 12.3 Å². The molecular formula is C11H18N2O2. The molecule has 1 unspecified atom stereocenters. The molecule has 0 spiro atoms. The average molecular weight is 210 g/mol. The predicted octanol–water partition coefficient (Wildman–Crippen LogP) is 0.893. The minimum Gasteiger partial charge on any atom is -0.390 e. The molecule has 1 aromatic heterocycles. The van der Waals surface area contributed by atoms with Gasteiger partial charge < -0.3 is 9.84 Å². The number of methoxy groups -OCH3 is 1. The van der Waals surface area contributed by atoms with Gasteiger partial charge in [-0.2, -0.15) is 5.10 Å². The van der Waals surface area contributed by atoms with E-state index in [0.29, 0.717) is 6.42 Å². The maximum Gasteiger partial charge on any atom is 0.0940 e. The van der Waals surface area contributed by atoms with Gasteiger partial charge in [-0.1, -0.05) is 0 Å². The Morgan fingerprint density at radius 3 is 2.80 bits per heavy atom. The Morgan fingerprint density at radius 2 is 2.40 bits per heavy atom. The van der Waals surface area contributed by atoms with Crippen LogP contribution in [0.4, 0.5) is 0 Å². The van der Waals surface area contributed by atoms with Crippen LogP contribution in [0.3, 0.4) is 0 Å². The van der Waals surface area contributed by atoms with E-state index in [9.17, 15) is 5.11 Å². The van der Waals surface area contributed by atoms with Crippen LogP contribution in [-0.2, 0) is 18.2 Å². The molecule has 4 nitrogen and oxygen atoms in total. The number of aliphatic hydroxyl groups is 1. The molecule has 1 aliphatic carbocycles. The number of hydrogen-bond acceptors (Lipinski definition) is 3. The summed E-state index contributed by atoms with van der Waals surface area (Å²) in [6.07, 6.45) is 5.09. The Morgan fingerprint density at radius 1 is 1.67 bits per heavy atom. The predicted molar refractivity (Wildman–Crippen MR) is 56.5 cm³/mol. The molecule has 1 saturated carbocycles. The van der Waals surface area contributed by atoms with Gasteiger partial charge in [-0.05, 0) is 25.3 Å². The van der Waals surface area contributed by atoms with Gasteiger partial charge in [-0.15, -0.1) is 0 Å². The maximum absolute atomic E-state index is 10.1. The molecule has 1 aromatic rings. The molecule has 1 heterocycles. The van der Waals surface area contributed by atoms with Crippen LogP contribution in [0.5, 0.6) is 0 Å². The first-order valence-electron chi connectivity index (χ1n) is 5.38. The van der Waals surface area contributed by atoms with Crippen molar-refractivity contribution in [1.29, 1.82) is 0 Å². The Kier molecular flexibility index (Phi) is 2.80. The fourth-order valence-corrected chi connectivity index (χ4v) is 2.15. The normalized spacial score (nSPS) is 21.0. The second-order valence-corrected chi connectivity index (χ2v) is 4.32. The number of rotatable bonds is 4. The number of nitrogens with zero attached hydrogens (tertiary/aromatic N) is 2. The zero-order valence-electron chi connectivity index (χ0n) is 9.31. The van der Waals surface area contributed by atoms with Crippen molar-refractivity contribution < 1.29 is 9.84 Å². The topological polar surface area (TPSA) is 47.3 Å². The highest BCUT2D eigenvalue weighted by Gasteiger charge is 2.43. The fraction of sp³-hybridized carbons (Fsp3) is 0.727. The summed E-state index contributed by atoms with van der Waals surface area (Å²) in [5.41, 5.74) is 0.616. The third kappa shape index (κ3) is 1.92. The molecule has 0 aliphatic heterocycles. The summed E-state index contributed by atoms with van der Waals surface area (Å²) in [5, 5.41) is 14.4. The van der Waals surface area contributed by atoms with E-state index in [1.807, 2.05) is 19.3 Å². The molecule has 1 aliphatic rings. The zero-order valence-corrected chi connectivity index (χ0v) is 9.31. The molecule has 0 aromatic carbocycles. The SMILES string of the molecule is COC1(C(O)Cc2ccn(C)n2)CCC1. The van der Waals surface area contributed by atoms with Gasteiger partial charge in [0.25, 0.3) is 0 Å². The van der Waals surface area contributed by atoms with Crippen molar-refractivity contribution in [3.05, 3.63) is 18.0 Å². The standard InChI is InChI=1S/C11H18N2O2/c1-13-7-4-9(12-13)8-10(14)11(15-2)5-3-6-11/h4,7,10,14H,3,5-6,8H2,1-2H3. The van der Waals surface area contributed by atoms with Crippen LogP contribution >= 0.6 is 0 Å². The third-order valence-corrected chi connectivity index (χ3v) is 3.39. The van der Waals surface area contributed by atoms with Gasteiger partial charge in [-0.25, -0.2) is 0 Å². The largest absolute Gasteiger partial charge is 0.390 e. The number of hydrogen-bond donors (Lipinski definition) is 1. The fourth-order valence-electron chi connectivity index (χ4n) is 2.15. The van der Waals surface area contributed by atoms with Crippen molar-refractivity contribution in [2.24, 2.45) is 7.05 Å². The van der Waals surface area contributed by atoms with E-state index in [4.69, 9.17) is 4.74 Å². The second-order valence-electron chi connectivity index (χ2n) is 4.32. The summed E-state index contributed by atoms with van der Waals surface area (Å²) in [6, 6.07) is 1.94. The molecule has 2 rings (SSSR count). The Labute approximate surface area is 89.9 Å². The number of aryl methyl sites for hydroxylation is 1. The molecule has 0 bridgehead atoms. The monoisotopic (exact) mass is 210 g/mol. The first kappa shape index (κ1) is 10.6. The number of ether oxygens (including phenoxy) is 1. The molecule has 1 fully saturated rings. The van der Waals surface area contributed by atoms with Gasteiger partial charge >= 0.3 is 0 Å². The third-order valence-electron chi connectivity index (χ3n) is 3.39. The van der Waals surface area contributed by atoms with Crippen molar-refractivity contribution in [2.45, 2.75) is 37.4 Å². The molecule has 1 atom stereocenters. The summed E-state index contributed by atoms with van der Waals surface area (Å²) in [6.45, 7) is 0. The van der Waals surface area contributed by atoms with Crippen molar-refractivity contribution >= 4 is 0 Å². The molecule has 4 heteroatoms. The minimum atomic E-state index is -0.439. The van der Waals surface area contributed by atoms with Crippen LogP contribution < -0.4 is 0 Å². The van der Waals surface area contributed by atoms with Crippen molar-refractivity contribution in [3.8, 4) is 0 Å². The first-order valence-corrected chi connectivity index (χ1v) is 5.38. The van der Waals surface area contributed by atoms with Gasteiger partial charge in [0.15, 0.2) is 0 Å². The van der Waals surface area contributed by atoms with Crippen molar-refractivity contribution in [2.75, 3.05) is 7.11 Å². The van der Waals surface area contributed by atoms with E-state index < -0.39 is 6.10 Å². The Balaban J connectivity index is 1.99. The lowest BCUT2D eigenvalue weighted by Crippen LogP contribution is -2.50. The lowest BCUT2D eigenvalue weighted by Gasteiger charge is -2.44. The van der Waals surface area contributed by atoms with E-state index >= 15 is 0 Å². The Hall–Kier alpha value is -0.870. The molecule has 0 radical (unpaired) electrons. The average Bonchev–Trinajstić information content (AvgIpc) is 2.50. The first-order chi connectivity index (χ1) is 7.16. The van der Waals surface area contributed by atoms with Crippen LogP contribution in [0, 0.1) is 0 Å². The van der Waals surface area contributed by atoms with Gasteiger partial charge in [0.05, 0.1) is 17.4 Å². The molecular weight excluding hydrogens is 192 g/mol. The summed E-state index contributed by atoms with van der Waals surface area (Å²) in [7, 11) is 3.56. The molecule has 15 heavy (non-hydrogen) atoms. The summed E-state index contributed by atoms with van der Waals surface area (Å²) >= 11 is 0. The van der Waals surface area contributed by atoms with E-state index in [2.05, 4.69) is 5.10 Å². The molecule has 1 N–H and O–H groups in total. The van der Waals surface area contributed by atoms with Crippen molar-refractivity contribution in [3.63, 3.8) is 0 Å². The van der Waals surface area contributed by atoms with Crippen LogP contribution in [0.1, 0.15) is 25.0 Å².